The smallest absolute Gasteiger partial charge is 0.306 e. The number of carbonyl (C=O) groups excluding carboxylic acids is 1. The number of hydrogen-bond acceptors (Lipinski definition) is 2. The maximum atomic E-state index is 11.5. The lowest BCUT2D eigenvalue weighted by Gasteiger charge is -2.08. The Morgan fingerprint density at radius 2 is 1.50 bits per heavy atom. The molecule has 2 nitrogen and oxygen atoms in total. The third kappa shape index (κ3) is 7.66. The molecule has 18 heavy (non-hydrogen) atoms. The van der Waals surface area contributed by atoms with E-state index < -0.39 is 0 Å². The van der Waals surface area contributed by atoms with Crippen molar-refractivity contribution in [1.82, 2.24) is 0 Å². The average molecular weight is 246 g/mol. The molecule has 1 aliphatic heterocycles. The fourth-order valence-electron chi connectivity index (χ4n) is 1.61. The van der Waals surface area contributed by atoms with Gasteiger partial charge in [0.25, 0.3) is 0 Å². The number of rotatable bonds is 0. The Hall–Kier alpha value is -1.57. The lowest BCUT2D eigenvalue weighted by molar-refractivity contribution is -0.146. The molecule has 0 aromatic rings. The highest BCUT2D eigenvalue weighted by molar-refractivity contribution is 5.69. The number of carbonyl (C=O) groups is 1. The number of ether oxygens (including phenoxy) is 1. The third-order valence-corrected chi connectivity index (χ3v) is 2.56. The Labute approximate surface area is 110 Å². The second-order valence-corrected chi connectivity index (χ2v) is 4.28. The van der Waals surface area contributed by atoms with Gasteiger partial charge in [0.1, 0.15) is 6.10 Å². The molecule has 0 bridgehead atoms. The van der Waals surface area contributed by atoms with Crippen LogP contribution in [0.25, 0.3) is 0 Å². The molecule has 0 aromatic carbocycles. The van der Waals surface area contributed by atoms with Crippen LogP contribution in [0, 0.1) is 0 Å². The van der Waals surface area contributed by atoms with Crippen LogP contribution >= 0.6 is 0 Å². The van der Waals surface area contributed by atoms with E-state index in [0.717, 1.165) is 25.7 Å². The van der Waals surface area contributed by atoms with Gasteiger partial charge in [-0.3, -0.25) is 4.79 Å². The number of cyclic esters (lactones) is 1. The van der Waals surface area contributed by atoms with Crippen molar-refractivity contribution < 1.29 is 9.53 Å². The summed E-state index contributed by atoms with van der Waals surface area (Å²) in [4.78, 5) is 11.5. The summed E-state index contributed by atoms with van der Waals surface area (Å²) in [5.74, 6) is -0.130. The van der Waals surface area contributed by atoms with Gasteiger partial charge in [-0.25, -0.2) is 0 Å². The topological polar surface area (TPSA) is 26.3 Å². The lowest BCUT2D eigenvalue weighted by Crippen LogP contribution is -2.11. The Bertz CT molecular complexity index is 348. The molecule has 0 aliphatic carbocycles. The van der Waals surface area contributed by atoms with E-state index in [0.29, 0.717) is 6.42 Å². The molecule has 0 spiro atoms. The summed E-state index contributed by atoms with van der Waals surface area (Å²) in [6.45, 7) is 1.89. The van der Waals surface area contributed by atoms with Gasteiger partial charge >= 0.3 is 5.97 Å². The predicted molar refractivity (Wildman–Crippen MR) is 75.2 cm³/mol. The predicted octanol–water partition coefficient (Wildman–Crippen LogP) is 4.11. The van der Waals surface area contributed by atoms with Crippen molar-refractivity contribution in [3.05, 3.63) is 48.6 Å². The second kappa shape index (κ2) is 9.46. The van der Waals surface area contributed by atoms with E-state index in [9.17, 15) is 4.79 Å². The zero-order valence-corrected chi connectivity index (χ0v) is 11.0. The van der Waals surface area contributed by atoms with E-state index >= 15 is 0 Å². The van der Waals surface area contributed by atoms with Crippen molar-refractivity contribution in [3.8, 4) is 0 Å². The first kappa shape index (κ1) is 14.5. The van der Waals surface area contributed by atoms with Crippen LogP contribution in [-0.4, -0.2) is 12.1 Å². The van der Waals surface area contributed by atoms with Gasteiger partial charge in [-0.05, 0) is 38.7 Å². The van der Waals surface area contributed by atoms with Crippen LogP contribution in [0.5, 0.6) is 0 Å². The molecule has 1 heterocycles. The van der Waals surface area contributed by atoms with Crippen molar-refractivity contribution >= 4 is 5.97 Å². The molecule has 1 atom stereocenters. The van der Waals surface area contributed by atoms with Crippen LogP contribution in [-0.2, 0) is 9.53 Å². The monoisotopic (exact) mass is 246 g/mol. The molecule has 1 aliphatic rings. The molecule has 2 heteroatoms. The van der Waals surface area contributed by atoms with Gasteiger partial charge in [0.15, 0.2) is 0 Å². The molecular weight excluding hydrogens is 224 g/mol. The summed E-state index contributed by atoms with van der Waals surface area (Å²) < 4.78 is 5.25. The maximum Gasteiger partial charge on any atom is 0.306 e. The Kier molecular flexibility index (Phi) is 7.61. The van der Waals surface area contributed by atoms with Crippen molar-refractivity contribution in [1.29, 1.82) is 0 Å². The summed E-state index contributed by atoms with van der Waals surface area (Å²) in [5, 5.41) is 0. The average Bonchev–Trinajstić information content (AvgIpc) is 2.33. The van der Waals surface area contributed by atoms with E-state index in [1.165, 1.54) is 0 Å². The van der Waals surface area contributed by atoms with Crippen LogP contribution < -0.4 is 0 Å². The molecule has 0 saturated heterocycles. The minimum atomic E-state index is -0.136. The van der Waals surface area contributed by atoms with Gasteiger partial charge in [-0.15, -0.1) is 0 Å². The van der Waals surface area contributed by atoms with Gasteiger partial charge in [0, 0.05) is 6.42 Å². The zero-order chi connectivity index (χ0) is 13.1. The fourth-order valence-corrected chi connectivity index (χ4v) is 1.61. The largest absolute Gasteiger partial charge is 0.458 e. The summed E-state index contributed by atoms with van der Waals surface area (Å²) in [5.41, 5.74) is 0. The molecule has 1 rings (SSSR count). The zero-order valence-electron chi connectivity index (χ0n) is 11.0. The molecule has 0 aromatic heterocycles. The normalized spacial score (nSPS) is 30.1. The first-order chi connectivity index (χ1) is 8.79. The summed E-state index contributed by atoms with van der Waals surface area (Å²) in [6, 6.07) is 0. The molecule has 0 fully saturated rings. The molecule has 0 radical (unpaired) electrons. The Balaban J connectivity index is 2.51. The molecule has 0 amide bonds. The van der Waals surface area contributed by atoms with E-state index in [1.54, 1.807) is 0 Å². The Morgan fingerprint density at radius 3 is 2.17 bits per heavy atom. The van der Waals surface area contributed by atoms with Crippen LogP contribution in [0.3, 0.4) is 0 Å². The summed E-state index contributed by atoms with van der Waals surface area (Å²) in [6.07, 6.45) is 20.5. The Morgan fingerprint density at radius 1 is 0.944 bits per heavy atom. The standard InChI is InChI=1S/C16H22O2/c1-15-13-11-9-7-5-3-2-4-6-8-10-12-14-16(17)18-15/h2,4-5,7-8,10-11,13,15H,3,6,9,12,14H2,1H3/b4-2-,7-5-,10-8-,13-11-. The highest BCUT2D eigenvalue weighted by Crippen LogP contribution is 2.02. The first-order valence-electron chi connectivity index (χ1n) is 6.60. The highest BCUT2D eigenvalue weighted by atomic mass is 16.5. The highest BCUT2D eigenvalue weighted by Gasteiger charge is 2.04. The van der Waals surface area contributed by atoms with Crippen LogP contribution in [0.15, 0.2) is 48.6 Å². The van der Waals surface area contributed by atoms with Crippen molar-refractivity contribution in [2.24, 2.45) is 0 Å². The minimum absolute atomic E-state index is 0.130. The van der Waals surface area contributed by atoms with Crippen molar-refractivity contribution in [2.75, 3.05) is 0 Å². The molecule has 98 valence electrons. The molecule has 0 saturated carbocycles. The van der Waals surface area contributed by atoms with E-state index in [1.807, 2.05) is 25.2 Å². The summed E-state index contributed by atoms with van der Waals surface area (Å²) >= 11 is 0. The van der Waals surface area contributed by atoms with E-state index in [4.69, 9.17) is 4.74 Å². The number of esters is 1. The van der Waals surface area contributed by atoms with Crippen LogP contribution in [0.4, 0.5) is 0 Å². The second-order valence-electron chi connectivity index (χ2n) is 4.28. The first-order valence-corrected chi connectivity index (χ1v) is 6.60. The van der Waals surface area contributed by atoms with Gasteiger partial charge in [0.2, 0.25) is 0 Å². The van der Waals surface area contributed by atoms with Gasteiger partial charge in [0.05, 0.1) is 0 Å². The van der Waals surface area contributed by atoms with Gasteiger partial charge < -0.3 is 4.74 Å². The lowest BCUT2D eigenvalue weighted by atomic mass is 10.2. The molecular formula is C16H22O2. The maximum absolute atomic E-state index is 11.5. The van der Waals surface area contributed by atoms with Crippen LogP contribution in [0.2, 0.25) is 0 Å². The van der Waals surface area contributed by atoms with Crippen LogP contribution in [0.1, 0.15) is 39.0 Å². The number of hydrogen-bond donors (Lipinski definition) is 0. The van der Waals surface area contributed by atoms with Crippen molar-refractivity contribution in [2.45, 2.75) is 45.1 Å². The van der Waals surface area contributed by atoms with Crippen molar-refractivity contribution in [3.63, 3.8) is 0 Å². The molecule has 1 unspecified atom stereocenters. The third-order valence-electron chi connectivity index (χ3n) is 2.56. The quantitative estimate of drug-likeness (QED) is 0.475. The SMILES string of the molecule is CC1/C=C\C/C=C\C/C=C\C/C=C\CCC(=O)O1. The van der Waals surface area contributed by atoms with E-state index in [2.05, 4.69) is 30.4 Å². The van der Waals surface area contributed by atoms with E-state index in [-0.39, 0.29) is 12.1 Å². The van der Waals surface area contributed by atoms with Gasteiger partial charge in [-0.2, -0.15) is 0 Å². The summed E-state index contributed by atoms with van der Waals surface area (Å²) in [7, 11) is 0. The van der Waals surface area contributed by atoms with Gasteiger partial charge in [-0.1, -0.05) is 42.5 Å². The minimum Gasteiger partial charge on any atom is -0.458 e. The number of allylic oxidation sites excluding steroid dienone is 7. The molecule has 0 N–H and O–H groups in total. The fraction of sp³-hybridized carbons (Fsp3) is 0.438.